The Morgan fingerprint density at radius 1 is 0.897 bits per heavy atom. The number of benzene rings is 2. The van der Waals surface area contributed by atoms with E-state index in [1.807, 2.05) is 60.7 Å². The van der Waals surface area contributed by atoms with Crippen molar-refractivity contribution in [2.24, 2.45) is 0 Å². The van der Waals surface area contributed by atoms with Crippen LogP contribution >= 0.6 is 11.8 Å². The fourth-order valence-corrected chi connectivity index (χ4v) is 8.50. The van der Waals surface area contributed by atoms with Gasteiger partial charge < -0.3 is 14.0 Å². The van der Waals surface area contributed by atoms with Crippen LogP contribution in [0.15, 0.2) is 84.5 Å². The van der Waals surface area contributed by atoms with E-state index in [-0.39, 0.29) is 12.1 Å². The van der Waals surface area contributed by atoms with Crippen LogP contribution in [0.25, 0.3) is 0 Å². The third-order valence-electron chi connectivity index (χ3n) is 9.64. The number of piperidine rings is 1. The number of nitrogens with zero attached hydrogens (tertiary/aromatic N) is 1. The summed E-state index contributed by atoms with van der Waals surface area (Å²) < 4.78 is 14.5. The Balaban J connectivity index is 1.22. The zero-order valence-electron chi connectivity index (χ0n) is 23.0. The standard InChI is InChI=1S/C34H42NO3S/c36-33(38-32-24-30-18-19-31(25-32)35(30)21-10-11-22-35)34(28-14-6-2-7-15-28,29-16-8-3-9-17-29)37-26-39-23-20-27-12-4-1-5-13-27/h2-4,6-9,12-17,30-32H,1,5,10-11,18-26H2/q+1. The molecule has 1 spiro atoms. The van der Waals surface area contributed by atoms with Gasteiger partial charge in [0.2, 0.25) is 5.60 Å². The lowest BCUT2D eigenvalue weighted by atomic mass is 9.85. The molecule has 3 saturated heterocycles. The lowest BCUT2D eigenvalue weighted by molar-refractivity contribution is -0.956. The second kappa shape index (κ2) is 12.0. The predicted octanol–water partition coefficient (Wildman–Crippen LogP) is 7.15. The first-order valence-electron chi connectivity index (χ1n) is 15.0. The molecule has 3 aliphatic heterocycles. The van der Waals surface area contributed by atoms with Gasteiger partial charge in [-0.25, -0.2) is 4.79 Å². The van der Waals surface area contributed by atoms with Crippen LogP contribution in [0.1, 0.15) is 68.9 Å². The van der Waals surface area contributed by atoms with Gasteiger partial charge in [0.05, 0.1) is 31.1 Å². The van der Waals surface area contributed by atoms with Gasteiger partial charge in [-0.15, -0.1) is 11.8 Å². The molecule has 2 aromatic carbocycles. The number of carbonyl (C=O) groups excluding carboxylic acids is 1. The molecular formula is C34H42NO3S+. The number of allylic oxidation sites excluding steroid dienone is 4. The van der Waals surface area contributed by atoms with Gasteiger partial charge in [0.1, 0.15) is 6.10 Å². The van der Waals surface area contributed by atoms with Gasteiger partial charge in [0.25, 0.3) is 0 Å². The molecule has 2 atom stereocenters. The maximum atomic E-state index is 14.4. The molecule has 4 nitrogen and oxygen atoms in total. The molecule has 2 aromatic rings. The van der Waals surface area contributed by atoms with Crippen molar-refractivity contribution in [1.29, 1.82) is 0 Å². The van der Waals surface area contributed by atoms with Crippen LogP contribution in [0.5, 0.6) is 0 Å². The van der Waals surface area contributed by atoms with E-state index < -0.39 is 5.60 Å². The molecule has 39 heavy (non-hydrogen) atoms. The molecule has 4 aliphatic rings. The van der Waals surface area contributed by atoms with Crippen LogP contribution in [0.2, 0.25) is 0 Å². The minimum Gasteiger partial charge on any atom is -0.459 e. The maximum Gasteiger partial charge on any atom is 0.348 e. The van der Waals surface area contributed by atoms with Crippen molar-refractivity contribution >= 4 is 17.7 Å². The number of quaternary nitrogens is 1. The molecule has 5 heteroatoms. The van der Waals surface area contributed by atoms with Gasteiger partial charge in [-0.3, -0.25) is 0 Å². The number of ether oxygens (including phenoxy) is 2. The van der Waals surface area contributed by atoms with Gasteiger partial charge in [-0.2, -0.15) is 0 Å². The van der Waals surface area contributed by atoms with Crippen molar-refractivity contribution in [1.82, 2.24) is 0 Å². The summed E-state index contributed by atoms with van der Waals surface area (Å²) in [4.78, 5) is 14.4. The van der Waals surface area contributed by atoms with Crippen LogP contribution in [0, 0.1) is 0 Å². The van der Waals surface area contributed by atoms with E-state index in [1.165, 1.54) is 48.8 Å². The van der Waals surface area contributed by atoms with E-state index in [0.717, 1.165) is 49.0 Å². The van der Waals surface area contributed by atoms with Crippen molar-refractivity contribution in [2.45, 2.75) is 81.6 Å². The first-order chi connectivity index (χ1) is 19.2. The predicted molar refractivity (Wildman–Crippen MR) is 158 cm³/mol. The summed E-state index contributed by atoms with van der Waals surface area (Å²) in [7, 11) is 0. The van der Waals surface area contributed by atoms with Crippen LogP contribution < -0.4 is 0 Å². The highest BCUT2D eigenvalue weighted by molar-refractivity contribution is 7.99. The average Bonchev–Trinajstić information content (AvgIpc) is 3.53. The summed E-state index contributed by atoms with van der Waals surface area (Å²) in [5.74, 6) is 1.11. The summed E-state index contributed by atoms with van der Waals surface area (Å²) in [5, 5.41) is 0. The van der Waals surface area contributed by atoms with E-state index in [2.05, 4.69) is 18.2 Å². The van der Waals surface area contributed by atoms with Gasteiger partial charge in [0.15, 0.2) is 0 Å². The highest BCUT2D eigenvalue weighted by atomic mass is 32.2. The molecule has 6 rings (SSSR count). The molecule has 3 heterocycles. The minimum atomic E-state index is -1.28. The van der Waals surface area contributed by atoms with E-state index >= 15 is 0 Å². The van der Waals surface area contributed by atoms with E-state index in [1.54, 1.807) is 11.8 Å². The molecule has 0 radical (unpaired) electrons. The number of esters is 1. The monoisotopic (exact) mass is 544 g/mol. The van der Waals surface area contributed by atoms with E-state index in [4.69, 9.17) is 9.47 Å². The quantitative estimate of drug-likeness (QED) is 0.138. The lowest BCUT2D eigenvalue weighted by Gasteiger charge is -2.47. The minimum absolute atomic E-state index is 0.0348. The Hall–Kier alpha value is -2.34. The first kappa shape index (κ1) is 26.9. The van der Waals surface area contributed by atoms with Crippen LogP contribution in [0.3, 0.4) is 0 Å². The zero-order chi connectivity index (χ0) is 26.5. The van der Waals surface area contributed by atoms with Crippen molar-refractivity contribution in [3.05, 3.63) is 95.6 Å². The normalized spacial score (nSPS) is 25.5. The summed E-state index contributed by atoms with van der Waals surface area (Å²) >= 11 is 1.74. The Morgan fingerprint density at radius 3 is 2.13 bits per heavy atom. The molecule has 206 valence electrons. The summed E-state index contributed by atoms with van der Waals surface area (Å²) in [5.41, 5.74) is 1.79. The van der Waals surface area contributed by atoms with Crippen molar-refractivity contribution in [2.75, 3.05) is 24.8 Å². The molecule has 2 unspecified atom stereocenters. The van der Waals surface area contributed by atoms with Gasteiger partial charge in [0, 0.05) is 38.5 Å². The Bertz CT molecular complexity index is 1120. The number of carbonyl (C=O) groups is 1. The highest BCUT2D eigenvalue weighted by Gasteiger charge is 2.56. The number of thioether (sulfide) groups is 1. The Kier molecular flexibility index (Phi) is 8.29. The Labute approximate surface area is 238 Å². The molecular weight excluding hydrogens is 502 g/mol. The molecule has 0 aromatic heterocycles. The van der Waals surface area contributed by atoms with Crippen LogP contribution in [0.4, 0.5) is 0 Å². The van der Waals surface area contributed by atoms with Gasteiger partial charge >= 0.3 is 5.97 Å². The number of rotatable bonds is 10. The molecule has 3 fully saturated rings. The number of hydrogen-bond donors (Lipinski definition) is 0. The fraction of sp³-hybridized carbons (Fsp3) is 0.500. The SMILES string of the molecule is O=C(OC1CC2CCC(C1)[N+]21CCCC1)C(OCSCCC1=CCCC=C1)(c1ccccc1)c1ccccc1. The van der Waals surface area contributed by atoms with Crippen molar-refractivity contribution < 1.29 is 18.8 Å². The van der Waals surface area contributed by atoms with Crippen molar-refractivity contribution in [3.8, 4) is 0 Å². The third kappa shape index (κ3) is 5.38. The van der Waals surface area contributed by atoms with E-state index in [9.17, 15) is 4.79 Å². The van der Waals surface area contributed by atoms with Gasteiger partial charge in [-0.1, -0.05) is 84.5 Å². The molecule has 0 saturated carbocycles. The van der Waals surface area contributed by atoms with Crippen molar-refractivity contribution in [3.63, 3.8) is 0 Å². The zero-order valence-corrected chi connectivity index (χ0v) is 23.8. The topological polar surface area (TPSA) is 35.5 Å². The molecule has 2 bridgehead atoms. The smallest absolute Gasteiger partial charge is 0.348 e. The lowest BCUT2D eigenvalue weighted by Crippen LogP contribution is -2.60. The molecule has 0 amide bonds. The third-order valence-corrected chi connectivity index (χ3v) is 10.4. The van der Waals surface area contributed by atoms with Crippen LogP contribution in [-0.2, 0) is 19.9 Å². The average molecular weight is 545 g/mol. The summed E-state index contributed by atoms with van der Waals surface area (Å²) in [6.07, 6.45) is 17.3. The van der Waals surface area contributed by atoms with Gasteiger partial charge in [-0.05, 0) is 36.1 Å². The second-order valence-electron chi connectivity index (χ2n) is 11.7. The molecule has 1 aliphatic carbocycles. The number of hydrogen-bond acceptors (Lipinski definition) is 4. The largest absolute Gasteiger partial charge is 0.459 e. The highest BCUT2D eigenvalue weighted by Crippen LogP contribution is 2.47. The summed E-state index contributed by atoms with van der Waals surface area (Å²) in [6.45, 7) is 2.64. The molecule has 0 N–H and O–H groups in total. The van der Waals surface area contributed by atoms with Crippen LogP contribution in [-0.4, -0.2) is 53.4 Å². The van der Waals surface area contributed by atoms with E-state index in [0.29, 0.717) is 18.0 Å². The summed E-state index contributed by atoms with van der Waals surface area (Å²) in [6, 6.07) is 21.2. The maximum absolute atomic E-state index is 14.4. The second-order valence-corrected chi connectivity index (χ2v) is 12.8. The Morgan fingerprint density at radius 2 is 1.54 bits per heavy atom. The first-order valence-corrected chi connectivity index (χ1v) is 16.1. The fourth-order valence-electron chi connectivity index (χ4n) is 7.75.